The molecule has 0 saturated heterocycles. The fourth-order valence-electron chi connectivity index (χ4n) is 2.45. The molecule has 24 heavy (non-hydrogen) atoms. The van der Waals surface area contributed by atoms with Crippen molar-refractivity contribution >= 4 is 34.2 Å². The van der Waals surface area contributed by atoms with Crippen LogP contribution in [-0.4, -0.2) is 19.1 Å². The van der Waals surface area contributed by atoms with Gasteiger partial charge in [0.1, 0.15) is 5.75 Å². The predicted octanol–water partition coefficient (Wildman–Crippen LogP) is 4.23. The fraction of sp³-hybridized carbons (Fsp3) is 0.263. The standard InChI is InChI=1S/C19H19IN2O2/c1-14-9-15(2)11-17(10-14)22(8-4-7-21)19(23)13-24-18-6-3-5-16(20)12-18/h3,5-6,9-12H,4,8,13H2,1-2H3. The summed E-state index contributed by atoms with van der Waals surface area (Å²) < 4.78 is 6.66. The molecule has 2 aromatic rings. The number of rotatable bonds is 6. The maximum Gasteiger partial charge on any atom is 0.264 e. The van der Waals surface area contributed by atoms with Crippen LogP contribution in [0.1, 0.15) is 17.5 Å². The first kappa shape index (κ1) is 18.3. The van der Waals surface area contributed by atoms with Gasteiger partial charge < -0.3 is 9.64 Å². The largest absolute Gasteiger partial charge is 0.484 e. The van der Waals surface area contributed by atoms with Crippen LogP contribution < -0.4 is 9.64 Å². The number of hydrogen-bond acceptors (Lipinski definition) is 3. The van der Waals surface area contributed by atoms with E-state index in [-0.39, 0.29) is 18.9 Å². The number of nitriles is 1. The molecule has 4 nitrogen and oxygen atoms in total. The summed E-state index contributed by atoms with van der Waals surface area (Å²) in [7, 11) is 0. The normalized spacial score (nSPS) is 10.1. The summed E-state index contributed by atoms with van der Waals surface area (Å²) in [6.45, 7) is 4.28. The predicted molar refractivity (Wildman–Crippen MR) is 103 cm³/mol. The van der Waals surface area contributed by atoms with Crippen molar-refractivity contribution in [3.05, 3.63) is 57.2 Å². The number of carbonyl (C=O) groups is 1. The molecule has 0 fully saturated rings. The Morgan fingerprint density at radius 1 is 1.21 bits per heavy atom. The van der Waals surface area contributed by atoms with E-state index in [4.69, 9.17) is 10.00 Å². The number of nitrogens with zero attached hydrogens (tertiary/aromatic N) is 2. The molecule has 5 heteroatoms. The Morgan fingerprint density at radius 3 is 2.54 bits per heavy atom. The molecule has 0 N–H and O–H groups in total. The van der Waals surface area contributed by atoms with Crippen molar-refractivity contribution in [2.24, 2.45) is 0 Å². The van der Waals surface area contributed by atoms with Crippen LogP contribution in [0, 0.1) is 28.7 Å². The van der Waals surface area contributed by atoms with E-state index in [1.165, 1.54) is 0 Å². The van der Waals surface area contributed by atoms with Gasteiger partial charge in [0, 0.05) is 15.8 Å². The molecule has 0 aliphatic heterocycles. The molecule has 124 valence electrons. The lowest BCUT2D eigenvalue weighted by molar-refractivity contribution is -0.120. The first-order valence-electron chi connectivity index (χ1n) is 7.63. The number of benzene rings is 2. The zero-order valence-corrected chi connectivity index (χ0v) is 15.9. The Bertz CT molecular complexity index is 748. The van der Waals surface area contributed by atoms with Crippen LogP contribution in [0.3, 0.4) is 0 Å². The van der Waals surface area contributed by atoms with Gasteiger partial charge in [-0.25, -0.2) is 0 Å². The number of amides is 1. The molecular formula is C19H19IN2O2. The minimum atomic E-state index is -0.158. The molecule has 0 bridgehead atoms. The molecule has 0 aromatic heterocycles. The van der Waals surface area contributed by atoms with Gasteiger partial charge in [0.25, 0.3) is 5.91 Å². The average molecular weight is 434 g/mol. The van der Waals surface area contributed by atoms with Gasteiger partial charge >= 0.3 is 0 Å². The minimum Gasteiger partial charge on any atom is -0.484 e. The molecule has 0 unspecified atom stereocenters. The molecule has 0 atom stereocenters. The van der Waals surface area contributed by atoms with Crippen LogP contribution in [0.25, 0.3) is 0 Å². The molecule has 0 heterocycles. The molecule has 0 aliphatic carbocycles. The van der Waals surface area contributed by atoms with E-state index >= 15 is 0 Å². The third-order valence-electron chi connectivity index (χ3n) is 3.42. The zero-order valence-electron chi connectivity index (χ0n) is 13.8. The molecule has 0 spiro atoms. The lowest BCUT2D eigenvalue weighted by Gasteiger charge is -2.23. The number of ether oxygens (including phenoxy) is 1. The Labute approximate surface area is 156 Å². The van der Waals surface area contributed by atoms with Gasteiger partial charge in [0.15, 0.2) is 6.61 Å². The van der Waals surface area contributed by atoms with Crippen LogP contribution in [0.4, 0.5) is 5.69 Å². The quantitative estimate of drug-likeness (QED) is 0.640. The van der Waals surface area contributed by atoms with Gasteiger partial charge in [0.2, 0.25) is 0 Å². The van der Waals surface area contributed by atoms with Gasteiger partial charge in [-0.1, -0.05) is 12.1 Å². The van der Waals surface area contributed by atoms with Crippen molar-refractivity contribution in [1.82, 2.24) is 0 Å². The number of carbonyl (C=O) groups excluding carboxylic acids is 1. The molecule has 0 aliphatic rings. The van der Waals surface area contributed by atoms with E-state index in [9.17, 15) is 4.79 Å². The third kappa shape index (κ3) is 5.24. The summed E-state index contributed by atoms with van der Waals surface area (Å²) >= 11 is 2.20. The maximum absolute atomic E-state index is 12.6. The van der Waals surface area contributed by atoms with Crippen LogP contribution >= 0.6 is 22.6 Å². The van der Waals surface area contributed by atoms with E-state index < -0.39 is 0 Å². The SMILES string of the molecule is Cc1cc(C)cc(N(CCC#N)C(=O)COc2cccc(I)c2)c1. The third-order valence-corrected chi connectivity index (χ3v) is 4.10. The van der Waals surface area contributed by atoms with E-state index in [1.54, 1.807) is 4.90 Å². The second-order valence-corrected chi connectivity index (χ2v) is 6.79. The molecule has 0 radical (unpaired) electrons. The van der Waals surface area contributed by atoms with Gasteiger partial charge in [-0.2, -0.15) is 5.26 Å². The van der Waals surface area contributed by atoms with Gasteiger partial charge in [-0.05, 0) is 77.9 Å². The monoisotopic (exact) mass is 434 g/mol. The summed E-state index contributed by atoms with van der Waals surface area (Å²) in [6.07, 6.45) is 0.280. The smallest absolute Gasteiger partial charge is 0.264 e. The molecule has 2 rings (SSSR count). The van der Waals surface area contributed by atoms with Crippen LogP contribution in [0.2, 0.25) is 0 Å². The highest BCUT2D eigenvalue weighted by Crippen LogP contribution is 2.20. The number of halogens is 1. The van der Waals surface area contributed by atoms with Crippen molar-refractivity contribution in [2.75, 3.05) is 18.1 Å². The molecule has 2 aromatic carbocycles. The van der Waals surface area contributed by atoms with Crippen LogP contribution in [0.5, 0.6) is 5.75 Å². The van der Waals surface area contributed by atoms with Crippen LogP contribution in [0.15, 0.2) is 42.5 Å². The maximum atomic E-state index is 12.6. The van der Waals surface area contributed by atoms with Crippen molar-refractivity contribution < 1.29 is 9.53 Å². The summed E-state index contributed by atoms with van der Waals surface area (Å²) in [4.78, 5) is 14.2. The second-order valence-electron chi connectivity index (χ2n) is 5.55. The first-order valence-corrected chi connectivity index (χ1v) is 8.71. The average Bonchev–Trinajstić information content (AvgIpc) is 2.52. The highest BCUT2D eigenvalue weighted by Gasteiger charge is 2.17. The van der Waals surface area contributed by atoms with E-state index in [1.807, 2.05) is 50.2 Å². The fourth-order valence-corrected chi connectivity index (χ4v) is 2.96. The second kappa shape index (κ2) is 8.69. The lowest BCUT2D eigenvalue weighted by Crippen LogP contribution is -2.35. The lowest BCUT2D eigenvalue weighted by atomic mass is 10.1. The van der Waals surface area contributed by atoms with Crippen molar-refractivity contribution in [2.45, 2.75) is 20.3 Å². The van der Waals surface area contributed by atoms with Crippen LogP contribution in [-0.2, 0) is 4.79 Å². The molecule has 0 saturated carbocycles. The highest BCUT2D eigenvalue weighted by molar-refractivity contribution is 14.1. The highest BCUT2D eigenvalue weighted by atomic mass is 127. The molecular weight excluding hydrogens is 415 g/mol. The van der Waals surface area contributed by atoms with E-state index in [0.717, 1.165) is 20.4 Å². The first-order chi connectivity index (χ1) is 11.5. The summed E-state index contributed by atoms with van der Waals surface area (Å²) in [5, 5.41) is 8.87. The van der Waals surface area contributed by atoms with Crippen molar-refractivity contribution in [3.63, 3.8) is 0 Å². The van der Waals surface area contributed by atoms with Gasteiger partial charge in [-0.15, -0.1) is 0 Å². The Morgan fingerprint density at radius 2 is 1.92 bits per heavy atom. The van der Waals surface area contributed by atoms with Crippen molar-refractivity contribution in [3.8, 4) is 11.8 Å². The number of hydrogen-bond donors (Lipinski definition) is 0. The van der Waals surface area contributed by atoms with E-state index in [0.29, 0.717) is 12.3 Å². The minimum absolute atomic E-state index is 0.0570. The number of anilines is 1. The summed E-state index contributed by atoms with van der Waals surface area (Å²) in [5.41, 5.74) is 2.97. The molecule has 1 amide bonds. The zero-order chi connectivity index (χ0) is 17.5. The Balaban J connectivity index is 2.14. The van der Waals surface area contributed by atoms with Gasteiger partial charge in [-0.3, -0.25) is 4.79 Å². The summed E-state index contributed by atoms with van der Waals surface area (Å²) in [5.74, 6) is 0.505. The van der Waals surface area contributed by atoms with Gasteiger partial charge in [0.05, 0.1) is 12.5 Å². The topological polar surface area (TPSA) is 53.3 Å². The number of aryl methyl sites for hydroxylation is 2. The van der Waals surface area contributed by atoms with Crippen molar-refractivity contribution in [1.29, 1.82) is 5.26 Å². The van der Waals surface area contributed by atoms with E-state index in [2.05, 4.69) is 34.7 Å². The Hall–Kier alpha value is -2.07. The Kier molecular flexibility index (Phi) is 6.62. The summed E-state index contributed by atoms with van der Waals surface area (Å²) in [6, 6.07) is 15.6.